The lowest BCUT2D eigenvalue weighted by molar-refractivity contribution is -0.466. The quantitative estimate of drug-likeness (QED) is 0.498. The molecule has 2 nitrogen and oxygen atoms in total. The second kappa shape index (κ2) is 6.38. The molecule has 0 aromatic carbocycles. The Morgan fingerprint density at radius 2 is 0.958 bits per heavy atom. The highest BCUT2D eigenvalue weighted by Gasteiger charge is 2.91. The predicted octanol–water partition coefficient (Wildman–Crippen LogP) is 3.33. The second-order valence-corrected chi connectivity index (χ2v) is 4.37. The Morgan fingerprint density at radius 1 is 0.583 bits per heavy atom. The average Bonchev–Trinajstić information content (AvgIpc) is 2.36. The van der Waals surface area contributed by atoms with Gasteiger partial charge in [0.15, 0.2) is 0 Å². The number of rotatable bonds is 8. The third kappa shape index (κ3) is 3.36. The minimum atomic E-state index is -7.90. The van der Waals surface area contributed by atoms with Crippen molar-refractivity contribution in [3.63, 3.8) is 0 Å². The van der Waals surface area contributed by atoms with E-state index in [1.807, 2.05) is 0 Å². The number of alkyl halides is 13. The van der Waals surface area contributed by atoms with E-state index < -0.39 is 49.0 Å². The maximum absolute atomic E-state index is 13.0. The van der Waals surface area contributed by atoms with Gasteiger partial charge in [0.25, 0.3) is 0 Å². The van der Waals surface area contributed by atoms with Gasteiger partial charge in [-0.25, -0.2) is 0 Å². The highest BCUT2D eigenvalue weighted by atomic mass is 19.4. The second-order valence-electron chi connectivity index (χ2n) is 4.37. The lowest BCUT2D eigenvalue weighted by Gasteiger charge is -2.39. The molecule has 0 aliphatic heterocycles. The molecule has 0 amide bonds. The van der Waals surface area contributed by atoms with Crippen molar-refractivity contribution in [2.45, 2.75) is 42.4 Å². The molecule has 0 aromatic rings. The molecule has 0 fully saturated rings. The van der Waals surface area contributed by atoms with E-state index in [4.69, 9.17) is 0 Å². The molecule has 0 spiro atoms. The summed E-state index contributed by atoms with van der Waals surface area (Å²) >= 11 is 0. The van der Waals surface area contributed by atoms with Crippen molar-refractivity contribution in [2.75, 3.05) is 13.2 Å². The van der Waals surface area contributed by atoms with Crippen molar-refractivity contribution in [3.05, 3.63) is 0 Å². The summed E-state index contributed by atoms with van der Waals surface area (Å²) in [5.74, 6) is -30.8. The highest BCUT2D eigenvalue weighted by Crippen LogP contribution is 2.60. The standard InChI is InChI=1S/C9H8F13NO/c10-4(11,6(14,15)8(18,19)20)5(12,13)7(16,17)9(21,22)24-3-1-2-23/h1-3,23H2/p+1. The molecule has 146 valence electrons. The Labute approximate surface area is 124 Å². The molecule has 0 unspecified atom stereocenters. The minimum absolute atomic E-state index is 0.250. The molecule has 15 heteroatoms. The van der Waals surface area contributed by atoms with Crippen LogP contribution in [0.15, 0.2) is 0 Å². The van der Waals surface area contributed by atoms with Gasteiger partial charge in [0.1, 0.15) is 0 Å². The van der Waals surface area contributed by atoms with E-state index in [0.29, 0.717) is 0 Å². The molecule has 0 aliphatic rings. The summed E-state index contributed by atoms with van der Waals surface area (Å²) < 4.78 is 166. The number of quaternary nitrogens is 1. The lowest BCUT2D eigenvalue weighted by atomic mass is 9.97. The first kappa shape index (κ1) is 23.0. The molecule has 24 heavy (non-hydrogen) atoms. The summed E-state index contributed by atoms with van der Waals surface area (Å²) in [5.41, 5.74) is 3.01. The molecule has 0 aliphatic carbocycles. The van der Waals surface area contributed by atoms with Crippen LogP contribution in [-0.4, -0.2) is 49.1 Å². The van der Waals surface area contributed by atoms with Gasteiger partial charge >= 0.3 is 36.0 Å². The number of halogens is 13. The SMILES string of the molecule is [NH3+]CCCOC(F)(F)C(F)(F)C(F)(F)C(F)(F)C(F)(F)C(F)(F)F. The molecular weight excluding hydrogens is 385 g/mol. The van der Waals surface area contributed by atoms with Gasteiger partial charge in [-0.15, -0.1) is 0 Å². The minimum Gasteiger partial charge on any atom is -0.357 e. The van der Waals surface area contributed by atoms with Crippen LogP contribution in [0.4, 0.5) is 57.1 Å². The van der Waals surface area contributed by atoms with Crippen LogP contribution in [-0.2, 0) is 4.74 Å². The van der Waals surface area contributed by atoms with E-state index >= 15 is 0 Å². The number of hydrogen-bond donors (Lipinski definition) is 1. The molecule has 0 radical (unpaired) electrons. The van der Waals surface area contributed by atoms with Gasteiger partial charge in [0, 0.05) is 6.42 Å². The Morgan fingerprint density at radius 3 is 1.29 bits per heavy atom. The smallest absolute Gasteiger partial charge is 0.357 e. The van der Waals surface area contributed by atoms with Gasteiger partial charge in [-0.3, -0.25) is 0 Å². The largest absolute Gasteiger partial charge is 0.460 e. The first-order chi connectivity index (χ1) is 10.3. The molecule has 0 saturated heterocycles. The number of ether oxygens (including phenoxy) is 1. The maximum atomic E-state index is 13.0. The first-order valence-electron chi connectivity index (χ1n) is 5.70. The van der Waals surface area contributed by atoms with Gasteiger partial charge in [0.05, 0.1) is 13.2 Å². The van der Waals surface area contributed by atoms with Crippen LogP contribution in [0.1, 0.15) is 6.42 Å². The Balaban J connectivity index is 5.92. The zero-order valence-corrected chi connectivity index (χ0v) is 11.2. The molecule has 0 heterocycles. The predicted molar refractivity (Wildman–Crippen MR) is 49.1 cm³/mol. The van der Waals surface area contributed by atoms with Gasteiger partial charge in [0.2, 0.25) is 0 Å². The van der Waals surface area contributed by atoms with Crippen molar-refractivity contribution < 1.29 is 67.5 Å². The van der Waals surface area contributed by atoms with Crippen LogP contribution in [0.3, 0.4) is 0 Å². The average molecular weight is 394 g/mol. The van der Waals surface area contributed by atoms with Crippen molar-refractivity contribution in [1.29, 1.82) is 0 Å². The molecule has 0 aromatic heterocycles. The van der Waals surface area contributed by atoms with Crippen molar-refractivity contribution in [1.82, 2.24) is 0 Å². The van der Waals surface area contributed by atoms with Crippen LogP contribution < -0.4 is 5.73 Å². The van der Waals surface area contributed by atoms with Crippen LogP contribution >= 0.6 is 0 Å². The fourth-order valence-electron chi connectivity index (χ4n) is 1.15. The summed E-state index contributed by atoms with van der Waals surface area (Å²) in [6.07, 6.45) is -14.4. The summed E-state index contributed by atoms with van der Waals surface area (Å²) in [6, 6.07) is 0. The maximum Gasteiger partial charge on any atom is 0.460 e. The molecule has 0 rings (SSSR count). The topological polar surface area (TPSA) is 36.9 Å². The van der Waals surface area contributed by atoms with Crippen LogP contribution in [0.5, 0.6) is 0 Å². The van der Waals surface area contributed by atoms with Gasteiger partial charge < -0.3 is 10.5 Å². The van der Waals surface area contributed by atoms with Crippen LogP contribution in [0.25, 0.3) is 0 Å². The van der Waals surface area contributed by atoms with E-state index in [0.717, 1.165) is 0 Å². The Kier molecular flexibility index (Phi) is 6.12. The van der Waals surface area contributed by atoms with E-state index in [2.05, 4.69) is 10.5 Å². The van der Waals surface area contributed by atoms with Gasteiger partial charge in [-0.05, 0) is 0 Å². The normalized spacial score (nSPS) is 15.8. The summed E-state index contributed by atoms with van der Waals surface area (Å²) in [4.78, 5) is 0. The van der Waals surface area contributed by atoms with Gasteiger partial charge in [-0.1, -0.05) is 0 Å². The number of hydrogen-bond acceptors (Lipinski definition) is 1. The zero-order chi connectivity index (χ0) is 19.8. The highest BCUT2D eigenvalue weighted by molar-refractivity contribution is 5.08. The third-order valence-electron chi connectivity index (χ3n) is 2.58. The third-order valence-corrected chi connectivity index (χ3v) is 2.58. The summed E-state index contributed by atoms with van der Waals surface area (Å²) in [6.45, 7) is -1.68. The fraction of sp³-hybridized carbons (Fsp3) is 1.00. The van der Waals surface area contributed by atoms with E-state index in [-0.39, 0.29) is 6.54 Å². The monoisotopic (exact) mass is 394 g/mol. The van der Waals surface area contributed by atoms with Crippen molar-refractivity contribution in [2.24, 2.45) is 0 Å². The van der Waals surface area contributed by atoms with Crippen molar-refractivity contribution in [3.8, 4) is 0 Å². The molecule has 0 saturated carbocycles. The summed E-state index contributed by atoms with van der Waals surface area (Å²) in [7, 11) is 0. The van der Waals surface area contributed by atoms with Crippen molar-refractivity contribution >= 4 is 0 Å². The fourth-order valence-corrected chi connectivity index (χ4v) is 1.15. The van der Waals surface area contributed by atoms with Crippen LogP contribution in [0.2, 0.25) is 0 Å². The van der Waals surface area contributed by atoms with E-state index in [9.17, 15) is 57.1 Å². The summed E-state index contributed by atoms with van der Waals surface area (Å²) in [5, 5.41) is 0. The molecule has 3 N–H and O–H groups in total. The molecular formula is C9H9F13NO+. The first-order valence-corrected chi connectivity index (χ1v) is 5.70. The van der Waals surface area contributed by atoms with Crippen LogP contribution in [0, 0.1) is 0 Å². The molecule has 0 atom stereocenters. The molecule has 0 bridgehead atoms. The lowest BCUT2D eigenvalue weighted by Crippen LogP contribution is -2.70. The van der Waals surface area contributed by atoms with E-state index in [1.165, 1.54) is 0 Å². The zero-order valence-electron chi connectivity index (χ0n) is 11.2. The Bertz CT molecular complexity index is 430. The Hall–Kier alpha value is -0.990. The van der Waals surface area contributed by atoms with Gasteiger partial charge in [-0.2, -0.15) is 57.1 Å². The van der Waals surface area contributed by atoms with E-state index in [1.54, 1.807) is 0 Å².